The van der Waals surface area contributed by atoms with Crippen LogP contribution in [0.1, 0.15) is 13.3 Å². The molecule has 0 aliphatic heterocycles. The maximum absolute atomic E-state index is 5.69. The van der Waals surface area contributed by atoms with Crippen LogP contribution in [-0.2, 0) is 0 Å². The molecule has 0 saturated heterocycles. The molecule has 1 atom stereocenters. The van der Waals surface area contributed by atoms with E-state index in [4.69, 9.17) is 4.74 Å². The van der Waals surface area contributed by atoms with Gasteiger partial charge in [-0.2, -0.15) is 0 Å². The van der Waals surface area contributed by atoms with Crippen molar-refractivity contribution in [2.24, 2.45) is 0 Å². The topological polar surface area (TPSA) is 9.23 Å². The highest BCUT2D eigenvalue weighted by Gasteiger charge is 1.99. The summed E-state index contributed by atoms with van der Waals surface area (Å²) in [6.07, 6.45) is 1.02. The van der Waals surface area contributed by atoms with Crippen molar-refractivity contribution in [2.45, 2.75) is 18.2 Å². The van der Waals surface area contributed by atoms with Gasteiger partial charge < -0.3 is 4.74 Å². The van der Waals surface area contributed by atoms with Crippen molar-refractivity contribution in [1.29, 1.82) is 0 Å². The lowest BCUT2D eigenvalue weighted by Gasteiger charge is -2.08. The Morgan fingerprint density at radius 2 is 1.88 bits per heavy atom. The third-order valence-corrected chi connectivity index (χ3v) is 2.96. The summed E-state index contributed by atoms with van der Waals surface area (Å²) in [6.45, 7) is 2.88. The van der Waals surface area contributed by atoms with Crippen molar-refractivity contribution in [3.05, 3.63) is 42.5 Å². The van der Waals surface area contributed by atoms with Gasteiger partial charge in [0.05, 0.1) is 6.61 Å². The van der Waals surface area contributed by atoms with Crippen LogP contribution in [0.2, 0.25) is 0 Å². The first-order valence-electron chi connectivity index (χ1n) is 5.51. The second-order valence-electron chi connectivity index (χ2n) is 3.93. The van der Waals surface area contributed by atoms with Crippen LogP contribution in [0.25, 0.3) is 10.8 Å². The molecule has 0 fully saturated rings. The fourth-order valence-corrected chi connectivity index (χ4v) is 1.78. The monoisotopic (exact) mass is 278 g/mol. The smallest absolute Gasteiger partial charge is 0.119 e. The molecule has 2 heteroatoms. The van der Waals surface area contributed by atoms with Gasteiger partial charge in [0.25, 0.3) is 0 Å². The van der Waals surface area contributed by atoms with E-state index in [2.05, 4.69) is 53.2 Å². The Balaban J connectivity index is 2.08. The molecule has 0 spiro atoms. The van der Waals surface area contributed by atoms with Gasteiger partial charge in [-0.1, -0.05) is 53.2 Å². The van der Waals surface area contributed by atoms with Gasteiger partial charge in [0.15, 0.2) is 0 Å². The molecule has 2 aromatic carbocycles. The summed E-state index contributed by atoms with van der Waals surface area (Å²) >= 11 is 3.51. The molecule has 0 heterocycles. The zero-order chi connectivity index (χ0) is 11.4. The Labute approximate surface area is 105 Å². The third kappa shape index (κ3) is 2.99. The second-order valence-corrected chi connectivity index (χ2v) is 5.49. The van der Waals surface area contributed by atoms with Crippen LogP contribution in [-0.4, -0.2) is 11.4 Å². The Kier molecular flexibility index (Phi) is 3.83. The average Bonchev–Trinajstić information content (AvgIpc) is 2.28. The quantitative estimate of drug-likeness (QED) is 0.754. The van der Waals surface area contributed by atoms with Crippen LogP contribution in [0.15, 0.2) is 42.5 Å². The van der Waals surface area contributed by atoms with E-state index in [-0.39, 0.29) is 0 Å². The SMILES string of the molecule is CC(Br)CCOc1ccc2ccccc2c1. The molecule has 0 N–H and O–H groups in total. The summed E-state index contributed by atoms with van der Waals surface area (Å²) in [6, 6.07) is 14.5. The summed E-state index contributed by atoms with van der Waals surface area (Å²) < 4.78 is 5.69. The van der Waals surface area contributed by atoms with Crippen molar-refractivity contribution < 1.29 is 4.74 Å². The lowest BCUT2D eigenvalue weighted by Crippen LogP contribution is -2.02. The number of fused-ring (bicyclic) bond motifs is 1. The maximum Gasteiger partial charge on any atom is 0.119 e. The second kappa shape index (κ2) is 5.35. The Morgan fingerprint density at radius 1 is 1.12 bits per heavy atom. The fourth-order valence-electron chi connectivity index (χ4n) is 1.60. The number of alkyl halides is 1. The standard InChI is InChI=1S/C14H15BrO/c1-11(15)8-9-16-14-7-6-12-4-2-3-5-13(12)10-14/h2-7,10-11H,8-9H2,1H3. The summed E-state index contributed by atoms with van der Waals surface area (Å²) in [4.78, 5) is 0.507. The van der Waals surface area contributed by atoms with Crippen molar-refractivity contribution in [1.82, 2.24) is 0 Å². The van der Waals surface area contributed by atoms with E-state index in [0.29, 0.717) is 4.83 Å². The lowest BCUT2D eigenvalue weighted by atomic mass is 10.1. The van der Waals surface area contributed by atoms with Gasteiger partial charge >= 0.3 is 0 Å². The van der Waals surface area contributed by atoms with Gasteiger partial charge in [0, 0.05) is 4.83 Å². The Morgan fingerprint density at radius 3 is 2.62 bits per heavy atom. The molecule has 0 amide bonds. The van der Waals surface area contributed by atoms with E-state index in [1.165, 1.54) is 10.8 Å². The maximum atomic E-state index is 5.69. The molecule has 1 unspecified atom stereocenters. The molecular weight excluding hydrogens is 264 g/mol. The fraction of sp³-hybridized carbons (Fsp3) is 0.286. The zero-order valence-electron chi connectivity index (χ0n) is 9.32. The number of halogens is 1. The van der Waals surface area contributed by atoms with Gasteiger partial charge in [-0.05, 0) is 29.3 Å². The Hall–Kier alpha value is -1.02. The number of hydrogen-bond donors (Lipinski definition) is 0. The highest BCUT2D eigenvalue weighted by molar-refractivity contribution is 9.09. The van der Waals surface area contributed by atoms with Gasteiger partial charge in [0.1, 0.15) is 5.75 Å². The van der Waals surface area contributed by atoms with Gasteiger partial charge in [-0.15, -0.1) is 0 Å². The number of ether oxygens (including phenoxy) is 1. The minimum atomic E-state index is 0.507. The van der Waals surface area contributed by atoms with Gasteiger partial charge in [-0.3, -0.25) is 0 Å². The van der Waals surface area contributed by atoms with E-state index in [9.17, 15) is 0 Å². The molecule has 0 radical (unpaired) electrons. The van der Waals surface area contributed by atoms with Gasteiger partial charge in [0.2, 0.25) is 0 Å². The summed E-state index contributed by atoms with van der Waals surface area (Å²) in [5.41, 5.74) is 0. The molecule has 2 aromatic rings. The predicted octanol–water partition coefficient (Wildman–Crippen LogP) is 4.39. The molecule has 2 rings (SSSR count). The molecule has 16 heavy (non-hydrogen) atoms. The highest BCUT2D eigenvalue weighted by Crippen LogP contribution is 2.20. The van der Waals surface area contributed by atoms with Crippen molar-refractivity contribution in [3.8, 4) is 5.75 Å². The zero-order valence-corrected chi connectivity index (χ0v) is 10.9. The summed E-state index contributed by atoms with van der Waals surface area (Å²) in [5.74, 6) is 0.951. The minimum Gasteiger partial charge on any atom is -0.494 e. The van der Waals surface area contributed by atoms with E-state index >= 15 is 0 Å². The first-order chi connectivity index (χ1) is 7.75. The van der Waals surface area contributed by atoms with E-state index in [1.807, 2.05) is 12.1 Å². The van der Waals surface area contributed by atoms with Crippen LogP contribution in [0, 0.1) is 0 Å². The average molecular weight is 279 g/mol. The van der Waals surface area contributed by atoms with Crippen molar-refractivity contribution >= 4 is 26.7 Å². The van der Waals surface area contributed by atoms with Crippen LogP contribution < -0.4 is 4.74 Å². The molecule has 84 valence electrons. The number of benzene rings is 2. The predicted molar refractivity (Wildman–Crippen MR) is 72.4 cm³/mol. The molecule has 0 aliphatic carbocycles. The van der Waals surface area contributed by atoms with E-state index < -0.39 is 0 Å². The molecule has 1 nitrogen and oxygen atoms in total. The first-order valence-corrected chi connectivity index (χ1v) is 6.43. The molecule has 0 bridgehead atoms. The summed E-state index contributed by atoms with van der Waals surface area (Å²) in [7, 11) is 0. The van der Waals surface area contributed by atoms with Crippen molar-refractivity contribution in [3.63, 3.8) is 0 Å². The molecular formula is C14H15BrO. The normalized spacial score (nSPS) is 12.6. The van der Waals surface area contributed by atoms with Crippen LogP contribution in [0.4, 0.5) is 0 Å². The third-order valence-electron chi connectivity index (χ3n) is 2.51. The molecule has 0 saturated carbocycles. The number of hydrogen-bond acceptors (Lipinski definition) is 1. The van der Waals surface area contributed by atoms with E-state index in [0.717, 1.165) is 18.8 Å². The highest BCUT2D eigenvalue weighted by atomic mass is 79.9. The van der Waals surface area contributed by atoms with Crippen LogP contribution >= 0.6 is 15.9 Å². The minimum absolute atomic E-state index is 0.507. The number of rotatable bonds is 4. The summed E-state index contributed by atoms with van der Waals surface area (Å²) in [5, 5.41) is 2.48. The van der Waals surface area contributed by atoms with E-state index in [1.54, 1.807) is 0 Å². The van der Waals surface area contributed by atoms with Crippen LogP contribution in [0.5, 0.6) is 5.75 Å². The Bertz CT molecular complexity index is 465. The van der Waals surface area contributed by atoms with Gasteiger partial charge in [-0.25, -0.2) is 0 Å². The van der Waals surface area contributed by atoms with Crippen molar-refractivity contribution in [2.75, 3.05) is 6.61 Å². The lowest BCUT2D eigenvalue weighted by molar-refractivity contribution is 0.312. The van der Waals surface area contributed by atoms with Crippen LogP contribution in [0.3, 0.4) is 0 Å². The first kappa shape index (κ1) is 11.5. The largest absolute Gasteiger partial charge is 0.494 e. The molecule has 0 aromatic heterocycles. The molecule has 0 aliphatic rings.